The van der Waals surface area contributed by atoms with Gasteiger partial charge in [0.25, 0.3) is 0 Å². The van der Waals surface area contributed by atoms with Gasteiger partial charge in [-0.2, -0.15) is 0 Å². The van der Waals surface area contributed by atoms with E-state index in [0.717, 1.165) is 49.1 Å². The second kappa shape index (κ2) is 9.61. The number of halogens is 2. The minimum absolute atomic E-state index is 0.201. The molecule has 0 bridgehead atoms. The van der Waals surface area contributed by atoms with E-state index in [9.17, 15) is 4.79 Å². The number of hydrogen-bond donors (Lipinski definition) is 0. The maximum atomic E-state index is 15.7. The van der Waals surface area contributed by atoms with Gasteiger partial charge in [0.15, 0.2) is 0 Å². The predicted molar refractivity (Wildman–Crippen MR) is 115 cm³/mol. The van der Waals surface area contributed by atoms with Crippen LogP contribution in [-0.4, -0.2) is 62.3 Å². The van der Waals surface area contributed by atoms with Crippen molar-refractivity contribution in [3.05, 3.63) is 27.3 Å². The van der Waals surface area contributed by atoms with Crippen LogP contribution in [0.1, 0.15) is 38.2 Å². The van der Waals surface area contributed by atoms with E-state index in [1.165, 1.54) is 0 Å². The largest absolute Gasteiger partial charge is 0.496 e. The Morgan fingerprint density at radius 2 is 1.93 bits per heavy atom. The molecule has 7 heteroatoms. The molecule has 1 aromatic carbocycles. The second-order valence-corrected chi connectivity index (χ2v) is 8.99. The number of benzene rings is 1. The van der Waals surface area contributed by atoms with Gasteiger partial charge in [0.2, 0.25) is 0 Å². The Bertz CT molecular complexity index is 672. The summed E-state index contributed by atoms with van der Waals surface area (Å²) in [6, 6.07) is 5.73. The average molecular weight is 504 g/mol. The number of methoxy groups -OCH3 is 1. The van der Waals surface area contributed by atoms with E-state index in [0.29, 0.717) is 36.7 Å². The summed E-state index contributed by atoms with van der Waals surface area (Å²) in [6.07, 6.45) is 2.75. The number of carbonyl (C=O) groups excluding carboxylic acids is 1. The first kappa shape index (κ1) is 21.6. The van der Waals surface area contributed by atoms with Gasteiger partial charge in [-0.3, -0.25) is 0 Å². The van der Waals surface area contributed by atoms with Gasteiger partial charge >= 0.3 is 6.09 Å². The minimum atomic E-state index is -1.32. The number of likely N-dealkylation sites (tertiary alicyclic amines) is 2. The summed E-state index contributed by atoms with van der Waals surface area (Å²) in [5.41, 5.74) is -0.639. The van der Waals surface area contributed by atoms with Gasteiger partial charge in [-0.1, -0.05) is 0 Å². The van der Waals surface area contributed by atoms with Crippen molar-refractivity contribution in [2.24, 2.45) is 5.92 Å². The van der Waals surface area contributed by atoms with Gasteiger partial charge in [0, 0.05) is 41.9 Å². The topological polar surface area (TPSA) is 42.0 Å². The third kappa shape index (κ3) is 5.09. The highest BCUT2D eigenvalue weighted by Crippen LogP contribution is 2.42. The molecule has 1 aromatic rings. The van der Waals surface area contributed by atoms with Crippen LogP contribution in [0.2, 0.25) is 0 Å². The third-order valence-corrected chi connectivity index (χ3v) is 6.62. The van der Waals surface area contributed by atoms with Gasteiger partial charge in [-0.05, 0) is 79.3 Å². The van der Waals surface area contributed by atoms with Crippen molar-refractivity contribution in [1.82, 2.24) is 9.80 Å². The second-order valence-electron chi connectivity index (χ2n) is 7.74. The van der Waals surface area contributed by atoms with Crippen LogP contribution in [0.3, 0.4) is 0 Å². The molecular weight excluding hydrogens is 474 g/mol. The van der Waals surface area contributed by atoms with Gasteiger partial charge in [0.1, 0.15) is 11.4 Å². The Labute approximate surface area is 180 Å². The SMILES string of the molecule is CCOC(=O)N1CCC(CN2CCC(F)(c3cc(I)ccc3OC)CC2)CC1. The van der Waals surface area contributed by atoms with Crippen LogP contribution in [-0.2, 0) is 10.4 Å². The number of alkyl halides is 1. The van der Waals surface area contributed by atoms with E-state index in [-0.39, 0.29) is 6.09 Å². The molecule has 2 aliphatic rings. The predicted octanol–water partition coefficient (Wildman–Crippen LogP) is 4.43. The molecule has 2 fully saturated rings. The van der Waals surface area contributed by atoms with Crippen molar-refractivity contribution in [1.29, 1.82) is 0 Å². The van der Waals surface area contributed by atoms with E-state index in [1.54, 1.807) is 12.0 Å². The Balaban J connectivity index is 1.51. The third-order valence-electron chi connectivity index (χ3n) is 5.95. The molecule has 2 saturated heterocycles. The minimum Gasteiger partial charge on any atom is -0.496 e. The lowest BCUT2D eigenvalue weighted by Gasteiger charge is -2.40. The van der Waals surface area contributed by atoms with E-state index in [4.69, 9.17) is 9.47 Å². The first-order valence-electron chi connectivity index (χ1n) is 10.1. The zero-order valence-electron chi connectivity index (χ0n) is 16.8. The quantitative estimate of drug-likeness (QED) is 0.557. The van der Waals surface area contributed by atoms with Gasteiger partial charge in [-0.15, -0.1) is 0 Å². The molecule has 3 rings (SSSR count). The van der Waals surface area contributed by atoms with Crippen molar-refractivity contribution in [3.8, 4) is 5.75 Å². The van der Waals surface area contributed by atoms with E-state index >= 15 is 4.39 Å². The molecular formula is C21H30FIN2O3. The van der Waals surface area contributed by atoms with Crippen molar-refractivity contribution in [3.63, 3.8) is 0 Å². The monoisotopic (exact) mass is 504 g/mol. The summed E-state index contributed by atoms with van der Waals surface area (Å²) in [5.74, 6) is 1.20. The molecule has 1 amide bonds. The molecule has 156 valence electrons. The van der Waals surface area contributed by atoms with Crippen LogP contribution >= 0.6 is 22.6 Å². The number of nitrogens with zero attached hydrogens (tertiary/aromatic N) is 2. The highest BCUT2D eigenvalue weighted by Gasteiger charge is 2.39. The van der Waals surface area contributed by atoms with Crippen LogP contribution in [0.5, 0.6) is 5.75 Å². The van der Waals surface area contributed by atoms with Gasteiger partial charge in [0.05, 0.1) is 13.7 Å². The Kier molecular flexibility index (Phi) is 7.42. The fraction of sp³-hybridized carbons (Fsp3) is 0.667. The number of hydrogen-bond acceptors (Lipinski definition) is 4. The number of carbonyl (C=O) groups is 1. The van der Waals surface area contributed by atoms with Crippen molar-refractivity contribution < 1.29 is 18.7 Å². The summed E-state index contributed by atoms with van der Waals surface area (Å²) in [4.78, 5) is 16.0. The molecule has 0 spiro atoms. The number of rotatable bonds is 5. The lowest BCUT2D eigenvalue weighted by molar-refractivity contribution is 0.0385. The van der Waals surface area contributed by atoms with Crippen LogP contribution < -0.4 is 4.74 Å². The molecule has 0 saturated carbocycles. The molecule has 5 nitrogen and oxygen atoms in total. The molecule has 0 unspecified atom stereocenters. The normalized spacial score (nSPS) is 20.8. The number of piperidine rings is 2. The highest BCUT2D eigenvalue weighted by atomic mass is 127. The molecule has 0 aliphatic carbocycles. The van der Waals surface area contributed by atoms with Crippen molar-refractivity contribution >= 4 is 28.7 Å². The molecule has 0 radical (unpaired) electrons. The highest BCUT2D eigenvalue weighted by molar-refractivity contribution is 14.1. The van der Waals surface area contributed by atoms with Gasteiger partial charge < -0.3 is 19.3 Å². The molecule has 0 atom stereocenters. The number of amides is 1. The van der Waals surface area contributed by atoms with Crippen LogP contribution in [0, 0.1) is 9.49 Å². The van der Waals surface area contributed by atoms with Crippen molar-refractivity contribution in [2.45, 2.75) is 38.3 Å². The number of ether oxygens (including phenoxy) is 2. The lowest BCUT2D eigenvalue weighted by atomic mass is 9.85. The van der Waals surface area contributed by atoms with Gasteiger partial charge in [-0.25, -0.2) is 9.18 Å². The summed E-state index contributed by atoms with van der Waals surface area (Å²) in [7, 11) is 1.60. The van der Waals surface area contributed by atoms with Crippen LogP contribution in [0.15, 0.2) is 18.2 Å². The zero-order chi connectivity index (χ0) is 20.1. The fourth-order valence-electron chi connectivity index (χ4n) is 4.27. The average Bonchev–Trinajstić information content (AvgIpc) is 2.70. The molecule has 0 N–H and O–H groups in total. The first-order chi connectivity index (χ1) is 13.4. The molecule has 2 heterocycles. The molecule has 0 aromatic heterocycles. The maximum absolute atomic E-state index is 15.7. The zero-order valence-corrected chi connectivity index (χ0v) is 18.9. The van der Waals surface area contributed by atoms with E-state index < -0.39 is 5.67 Å². The Morgan fingerprint density at radius 1 is 1.25 bits per heavy atom. The Hall–Kier alpha value is -1.09. The summed E-state index contributed by atoms with van der Waals surface area (Å²) in [6.45, 7) is 6.25. The van der Waals surface area contributed by atoms with E-state index in [1.807, 2.05) is 25.1 Å². The summed E-state index contributed by atoms with van der Waals surface area (Å²) in [5, 5.41) is 0. The standard InChI is InChI=1S/C21H30FIN2O3/c1-3-28-20(26)25-10-6-16(7-11-25)15-24-12-8-21(22,9-13-24)18-14-17(23)4-5-19(18)27-2/h4-5,14,16H,3,6-13,15H2,1-2H3. The lowest BCUT2D eigenvalue weighted by Crippen LogP contribution is -2.45. The Morgan fingerprint density at radius 3 is 2.54 bits per heavy atom. The van der Waals surface area contributed by atoms with Crippen LogP contribution in [0.4, 0.5) is 9.18 Å². The molecule has 2 aliphatic heterocycles. The van der Waals surface area contributed by atoms with E-state index in [2.05, 4.69) is 27.5 Å². The summed E-state index contributed by atoms with van der Waals surface area (Å²) >= 11 is 2.22. The molecule has 28 heavy (non-hydrogen) atoms. The van der Waals surface area contributed by atoms with Crippen LogP contribution in [0.25, 0.3) is 0 Å². The first-order valence-corrected chi connectivity index (χ1v) is 11.2. The van der Waals surface area contributed by atoms with Crippen molar-refractivity contribution in [2.75, 3.05) is 46.4 Å². The fourth-order valence-corrected chi connectivity index (χ4v) is 4.76. The summed E-state index contributed by atoms with van der Waals surface area (Å²) < 4.78 is 27.3. The maximum Gasteiger partial charge on any atom is 0.409 e. The smallest absolute Gasteiger partial charge is 0.409 e.